The van der Waals surface area contributed by atoms with Crippen LogP contribution in [0.3, 0.4) is 0 Å². The number of halogens is 1. The molecule has 23 heavy (non-hydrogen) atoms. The summed E-state index contributed by atoms with van der Waals surface area (Å²) in [5, 5.41) is 6.68. The average Bonchev–Trinajstić information content (AvgIpc) is 2.52. The summed E-state index contributed by atoms with van der Waals surface area (Å²) in [6, 6.07) is 0. The smallest absolute Gasteiger partial charge is 0.219 e. The van der Waals surface area contributed by atoms with Crippen molar-refractivity contribution >= 4 is 35.8 Å². The van der Waals surface area contributed by atoms with Gasteiger partial charge in [0.2, 0.25) is 5.91 Å². The molecule has 1 saturated heterocycles. The number of hydrogen-bond acceptors (Lipinski definition) is 3. The van der Waals surface area contributed by atoms with Crippen molar-refractivity contribution in [2.45, 2.75) is 40.0 Å². The third kappa shape index (κ3) is 10.0. The molecule has 1 amide bonds. The average molecular weight is 439 g/mol. The maximum Gasteiger partial charge on any atom is 0.219 e. The third-order valence-electron chi connectivity index (χ3n) is 3.91. The Morgan fingerprint density at radius 2 is 1.78 bits per heavy atom. The van der Waals surface area contributed by atoms with E-state index in [1.165, 1.54) is 12.8 Å². The second-order valence-corrected chi connectivity index (χ2v) is 5.74. The molecule has 1 fully saturated rings. The second-order valence-electron chi connectivity index (χ2n) is 5.74. The van der Waals surface area contributed by atoms with Gasteiger partial charge in [-0.25, -0.2) is 0 Å². The van der Waals surface area contributed by atoms with Gasteiger partial charge >= 0.3 is 0 Å². The van der Waals surface area contributed by atoms with Crippen LogP contribution in [-0.2, 0) is 4.79 Å². The Bertz CT molecular complexity index is 343. The van der Waals surface area contributed by atoms with Crippen LogP contribution in [0.5, 0.6) is 0 Å². The molecule has 0 atom stereocenters. The Morgan fingerprint density at radius 3 is 2.35 bits per heavy atom. The Kier molecular flexibility index (Phi) is 13.5. The molecule has 0 aromatic heterocycles. The van der Waals surface area contributed by atoms with Gasteiger partial charge in [-0.1, -0.05) is 19.8 Å². The van der Waals surface area contributed by atoms with Crippen LogP contribution in [-0.4, -0.2) is 74.0 Å². The minimum absolute atomic E-state index is 0. The lowest BCUT2D eigenvalue weighted by Crippen LogP contribution is -2.50. The number of aliphatic imine (C=N–C) groups is 1. The Balaban J connectivity index is 0.00000484. The molecule has 0 aliphatic carbocycles. The Morgan fingerprint density at radius 1 is 1.09 bits per heavy atom. The van der Waals surface area contributed by atoms with Crippen molar-refractivity contribution in [2.75, 3.05) is 52.4 Å². The number of guanidine groups is 1. The summed E-state index contributed by atoms with van der Waals surface area (Å²) < 4.78 is 0. The van der Waals surface area contributed by atoms with E-state index in [9.17, 15) is 4.79 Å². The maximum absolute atomic E-state index is 11.3. The van der Waals surface area contributed by atoms with Gasteiger partial charge in [0, 0.05) is 59.3 Å². The number of unbranched alkanes of at least 4 members (excludes halogenated alkanes) is 2. The zero-order chi connectivity index (χ0) is 16.2. The van der Waals surface area contributed by atoms with E-state index >= 15 is 0 Å². The fourth-order valence-corrected chi connectivity index (χ4v) is 2.51. The first-order valence-corrected chi connectivity index (χ1v) is 8.67. The lowest BCUT2D eigenvalue weighted by atomic mass is 10.2. The summed E-state index contributed by atoms with van der Waals surface area (Å²) in [6.07, 6.45) is 3.62. The molecule has 7 heteroatoms. The van der Waals surface area contributed by atoms with Crippen LogP contribution in [0.2, 0.25) is 0 Å². The molecule has 0 saturated carbocycles. The minimum Gasteiger partial charge on any atom is -0.357 e. The number of carbonyl (C=O) groups excluding carboxylic acids is 1. The van der Waals surface area contributed by atoms with Gasteiger partial charge in [0.1, 0.15) is 0 Å². The summed E-state index contributed by atoms with van der Waals surface area (Å²) in [5.41, 5.74) is 0. The van der Waals surface area contributed by atoms with Gasteiger partial charge in [-0.05, 0) is 13.3 Å². The van der Waals surface area contributed by atoms with Gasteiger partial charge < -0.3 is 15.5 Å². The summed E-state index contributed by atoms with van der Waals surface area (Å²) in [4.78, 5) is 20.2. The quantitative estimate of drug-likeness (QED) is 0.261. The molecular formula is C16H34IN5O. The van der Waals surface area contributed by atoms with Gasteiger partial charge in [0.05, 0.1) is 0 Å². The van der Waals surface area contributed by atoms with Crippen molar-refractivity contribution < 1.29 is 4.79 Å². The number of carbonyl (C=O) groups is 1. The zero-order valence-corrected chi connectivity index (χ0v) is 17.3. The van der Waals surface area contributed by atoms with E-state index in [1.807, 2.05) is 4.90 Å². The highest BCUT2D eigenvalue weighted by atomic mass is 127. The summed E-state index contributed by atoms with van der Waals surface area (Å²) in [7, 11) is 0. The van der Waals surface area contributed by atoms with E-state index in [0.717, 1.165) is 64.7 Å². The number of nitrogens with zero attached hydrogens (tertiary/aromatic N) is 3. The van der Waals surface area contributed by atoms with Crippen molar-refractivity contribution in [3.05, 3.63) is 0 Å². The number of piperazine rings is 1. The van der Waals surface area contributed by atoms with Gasteiger partial charge in [-0.2, -0.15) is 0 Å². The summed E-state index contributed by atoms with van der Waals surface area (Å²) in [5.74, 6) is 1.10. The van der Waals surface area contributed by atoms with Crippen LogP contribution < -0.4 is 10.6 Å². The van der Waals surface area contributed by atoms with Crippen LogP contribution in [0, 0.1) is 0 Å². The number of nitrogens with one attached hydrogen (secondary N) is 2. The van der Waals surface area contributed by atoms with Crippen molar-refractivity contribution in [1.29, 1.82) is 0 Å². The normalized spacial score (nSPS) is 16.0. The molecule has 0 aromatic carbocycles. The van der Waals surface area contributed by atoms with E-state index < -0.39 is 0 Å². The van der Waals surface area contributed by atoms with E-state index in [1.54, 1.807) is 6.92 Å². The van der Waals surface area contributed by atoms with Crippen molar-refractivity contribution in [3.63, 3.8) is 0 Å². The topological polar surface area (TPSA) is 60.0 Å². The predicted molar refractivity (Wildman–Crippen MR) is 108 cm³/mol. The number of amides is 1. The second kappa shape index (κ2) is 13.8. The highest BCUT2D eigenvalue weighted by Gasteiger charge is 2.17. The summed E-state index contributed by atoms with van der Waals surface area (Å²) >= 11 is 0. The molecule has 6 nitrogen and oxygen atoms in total. The molecule has 0 spiro atoms. The number of hydrogen-bond donors (Lipinski definition) is 2. The molecule has 2 N–H and O–H groups in total. The van der Waals surface area contributed by atoms with E-state index in [0.29, 0.717) is 0 Å². The molecular weight excluding hydrogens is 405 g/mol. The van der Waals surface area contributed by atoms with Crippen LogP contribution in [0.25, 0.3) is 0 Å². The number of rotatable bonds is 8. The van der Waals surface area contributed by atoms with Crippen molar-refractivity contribution in [3.8, 4) is 0 Å². The van der Waals surface area contributed by atoms with E-state index in [4.69, 9.17) is 0 Å². The standard InChI is InChI=1S/C16H33N5O.HI/c1-4-6-7-8-18-16(17-5-2)19-9-10-20-11-13-21(14-12-20)15(3)22;/h4-14H2,1-3H3,(H2,17,18,19);1H. The van der Waals surface area contributed by atoms with Gasteiger partial charge in [-0.3, -0.25) is 14.7 Å². The van der Waals surface area contributed by atoms with Gasteiger partial charge in [0.25, 0.3) is 0 Å². The molecule has 1 heterocycles. The van der Waals surface area contributed by atoms with E-state index in [2.05, 4.69) is 34.4 Å². The van der Waals surface area contributed by atoms with Crippen molar-refractivity contribution in [1.82, 2.24) is 20.4 Å². The molecule has 1 rings (SSSR count). The highest BCUT2D eigenvalue weighted by Crippen LogP contribution is 2.01. The molecule has 0 unspecified atom stereocenters. The SMILES string of the molecule is CCCCCN=C(NCC)NCCN1CCN(C(C)=O)CC1.I. The van der Waals surface area contributed by atoms with Crippen LogP contribution in [0.4, 0.5) is 0 Å². The Labute approximate surface area is 158 Å². The predicted octanol–water partition coefficient (Wildman–Crippen LogP) is 1.51. The third-order valence-corrected chi connectivity index (χ3v) is 3.91. The fourth-order valence-electron chi connectivity index (χ4n) is 2.51. The molecule has 0 radical (unpaired) electrons. The molecule has 136 valence electrons. The highest BCUT2D eigenvalue weighted by molar-refractivity contribution is 14.0. The molecule has 1 aliphatic heterocycles. The lowest BCUT2D eigenvalue weighted by molar-refractivity contribution is -0.130. The first kappa shape index (κ1) is 22.4. The lowest BCUT2D eigenvalue weighted by Gasteiger charge is -2.34. The fraction of sp³-hybridized carbons (Fsp3) is 0.875. The first-order valence-electron chi connectivity index (χ1n) is 8.67. The van der Waals surface area contributed by atoms with Crippen LogP contribution in [0.1, 0.15) is 40.0 Å². The largest absolute Gasteiger partial charge is 0.357 e. The minimum atomic E-state index is 0. The molecule has 0 aromatic rings. The first-order chi connectivity index (χ1) is 10.7. The monoisotopic (exact) mass is 439 g/mol. The molecule has 0 bridgehead atoms. The van der Waals surface area contributed by atoms with Crippen molar-refractivity contribution in [2.24, 2.45) is 4.99 Å². The molecule has 1 aliphatic rings. The van der Waals surface area contributed by atoms with Gasteiger partial charge in [-0.15, -0.1) is 24.0 Å². The van der Waals surface area contributed by atoms with Crippen LogP contribution in [0.15, 0.2) is 4.99 Å². The maximum atomic E-state index is 11.3. The van der Waals surface area contributed by atoms with Crippen LogP contribution >= 0.6 is 24.0 Å². The van der Waals surface area contributed by atoms with E-state index in [-0.39, 0.29) is 29.9 Å². The zero-order valence-electron chi connectivity index (χ0n) is 14.9. The Hall–Kier alpha value is -0.570. The van der Waals surface area contributed by atoms with Gasteiger partial charge in [0.15, 0.2) is 5.96 Å². The summed E-state index contributed by atoms with van der Waals surface area (Å²) in [6.45, 7) is 13.2.